The van der Waals surface area contributed by atoms with Gasteiger partial charge in [-0.3, -0.25) is 4.90 Å². The minimum atomic E-state index is 0.607. The SMILES string of the molecule is CCC1CN(C)CCCN1CC1(CBr)CCC1. The van der Waals surface area contributed by atoms with Crippen molar-refractivity contribution in [2.24, 2.45) is 5.41 Å². The standard InChI is InChI=1S/C14H27BrN2/c1-3-13-10-16(2)8-5-9-17(13)12-14(11-15)6-4-7-14/h13H,3-12H2,1-2H3. The van der Waals surface area contributed by atoms with Crippen molar-refractivity contribution in [3.05, 3.63) is 0 Å². The van der Waals surface area contributed by atoms with Gasteiger partial charge in [-0.05, 0) is 51.2 Å². The summed E-state index contributed by atoms with van der Waals surface area (Å²) >= 11 is 3.75. The molecule has 2 rings (SSSR count). The third-order valence-corrected chi connectivity index (χ3v) is 5.92. The molecule has 0 spiro atoms. The Bertz CT molecular complexity index is 235. The van der Waals surface area contributed by atoms with Gasteiger partial charge in [0.05, 0.1) is 0 Å². The number of nitrogens with zero attached hydrogens (tertiary/aromatic N) is 2. The van der Waals surface area contributed by atoms with Crippen LogP contribution >= 0.6 is 15.9 Å². The van der Waals surface area contributed by atoms with Crippen LogP contribution in [-0.4, -0.2) is 54.4 Å². The Balaban J connectivity index is 1.96. The summed E-state index contributed by atoms with van der Waals surface area (Å²) in [5.41, 5.74) is 0.607. The predicted molar refractivity (Wildman–Crippen MR) is 77.8 cm³/mol. The molecule has 0 aromatic carbocycles. The van der Waals surface area contributed by atoms with E-state index in [1.165, 1.54) is 63.6 Å². The molecule has 0 aromatic rings. The molecule has 1 heterocycles. The van der Waals surface area contributed by atoms with E-state index in [4.69, 9.17) is 0 Å². The molecule has 0 radical (unpaired) electrons. The van der Waals surface area contributed by atoms with E-state index in [9.17, 15) is 0 Å². The second-order valence-corrected chi connectivity index (χ2v) is 6.70. The van der Waals surface area contributed by atoms with Crippen molar-refractivity contribution in [2.75, 3.05) is 38.6 Å². The van der Waals surface area contributed by atoms with Crippen LogP contribution in [0.25, 0.3) is 0 Å². The van der Waals surface area contributed by atoms with Crippen LogP contribution in [0.15, 0.2) is 0 Å². The lowest BCUT2D eigenvalue weighted by Crippen LogP contribution is -2.49. The molecule has 2 fully saturated rings. The van der Waals surface area contributed by atoms with Gasteiger partial charge in [0.25, 0.3) is 0 Å². The Morgan fingerprint density at radius 3 is 2.53 bits per heavy atom. The van der Waals surface area contributed by atoms with Gasteiger partial charge in [-0.15, -0.1) is 0 Å². The average molecular weight is 303 g/mol. The number of rotatable bonds is 4. The van der Waals surface area contributed by atoms with Crippen molar-refractivity contribution >= 4 is 15.9 Å². The van der Waals surface area contributed by atoms with Gasteiger partial charge in [-0.2, -0.15) is 0 Å². The zero-order valence-electron chi connectivity index (χ0n) is 11.4. The fourth-order valence-electron chi connectivity index (χ4n) is 3.33. The van der Waals surface area contributed by atoms with Crippen molar-refractivity contribution in [3.63, 3.8) is 0 Å². The van der Waals surface area contributed by atoms with Gasteiger partial charge in [0, 0.05) is 24.5 Å². The summed E-state index contributed by atoms with van der Waals surface area (Å²) in [5, 5.41) is 1.20. The molecule has 100 valence electrons. The maximum atomic E-state index is 3.75. The van der Waals surface area contributed by atoms with E-state index in [1.54, 1.807) is 0 Å². The van der Waals surface area contributed by atoms with E-state index in [-0.39, 0.29) is 0 Å². The maximum Gasteiger partial charge on any atom is 0.0220 e. The zero-order chi connectivity index (χ0) is 12.3. The van der Waals surface area contributed by atoms with Crippen molar-refractivity contribution < 1.29 is 0 Å². The van der Waals surface area contributed by atoms with E-state index in [0.29, 0.717) is 5.41 Å². The van der Waals surface area contributed by atoms with Gasteiger partial charge in [0.1, 0.15) is 0 Å². The molecule has 2 nitrogen and oxygen atoms in total. The van der Waals surface area contributed by atoms with Crippen LogP contribution < -0.4 is 0 Å². The normalized spacial score (nSPS) is 30.9. The highest BCUT2D eigenvalue weighted by atomic mass is 79.9. The van der Waals surface area contributed by atoms with E-state index in [1.807, 2.05) is 0 Å². The number of hydrogen-bond donors (Lipinski definition) is 0. The summed E-state index contributed by atoms with van der Waals surface area (Å²) in [4.78, 5) is 5.29. The summed E-state index contributed by atoms with van der Waals surface area (Å²) in [5.74, 6) is 0. The summed E-state index contributed by atoms with van der Waals surface area (Å²) in [6.45, 7) is 7.50. The van der Waals surface area contributed by atoms with Crippen molar-refractivity contribution in [1.82, 2.24) is 9.80 Å². The van der Waals surface area contributed by atoms with E-state index < -0.39 is 0 Å². The van der Waals surface area contributed by atoms with Crippen LogP contribution in [0.5, 0.6) is 0 Å². The lowest BCUT2D eigenvalue weighted by Gasteiger charge is -2.46. The lowest BCUT2D eigenvalue weighted by atomic mass is 9.70. The third-order valence-electron chi connectivity index (χ3n) is 4.73. The van der Waals surface area contributed by atoms with Gasteiger partial charge in [-0.1, -0.05) is 29.3 Å². The summed E-state index contributed by atoms with van der Waals surface area (Å²) in [7, 11) is 2.27. The molecular formula is C14H27BrN2. The smallest absolute Gasteiger partial charge is 0.0220 e. The fourth-order valence-corrected chi connectivity index (χ4v) is 4.07. The van der Waals surface area contributed by atoms with Crippen LogP contribution in [0, 0.1) is 5.41 Å². The molecule has 0 N–H and O–H groups in total. The number of hydrogen-bond acceptors (Lipinski definition) is 2. The molecule has 2 aliphatic rings. The Morgan fingerprint density at radius 2 is 2.00 bits per heavy atom. The molecule has 0 bridgehead atoms. The molecule has 1 unspecified atom stereocenters. The Kier molecular flexibility index (Phi) is 4.90. The zero-order valence-corrected chi connectivity index (χ0v) is 13.0. The van der Waals surface area contributed by atoms with Crippen LogP contribution in [-0.2, 0) is 0 Å². The molecule has 1 atom stereocenters. The van der Waals surface area contributed by atoms with E-state index >= 15 is 0 Å². The monoisotopic (exact) mass is 302 g/mol. The molecule has 1 aliphatic heterocycles. The first-order valence-corrected chi connectivity index (χ1v) is 8.30. The fraction of sp³-hybridized carbons (Fsp3) is 1.00. The summed E-state index contributed by atoms with van der Waals surface area (Å²) in [6, 6.07) is 0.777. The van der Waals surface area contributed by atoms with Crippen LogP contribution in [0.4, 0.5) is 0 Å². The van der Waals surface area contributed by atoms with Crippen LogP contribution in [0.3, 0.4) is 0 Å². The first-order valence-electron chi connectivity index (χ1n) is 7.18. The average Bonchev–Trinajstić information content (AvgIpc) is 2.45. The molecule has 1 aliphatic carbocycles. The molecule has 0 aromatic heterocycles. The van der Waals surface area contributed by atoms with Crippen molar-refractivity contribution in [3.8, 4) is 0 Å². The molecule has 3 heteroatoms. The number of halogens is 1. The number of alkyl halides is 1. The van der Waals surface area contributed by atoms with E-state index in [0.717, 1.165) is 6.04 Å². The van der Waals surface area contributed by atoms with Gasteiger partial charge >= 0.3 is 0 Å². The molecule has 1 saturated carbocycles. The van der Waals surface area contributed by atoms with E-state index in [2.05, 4.69) is 39.7 Å². The Labute approximate surface area is 115 Å². The van der Waals surface area contributed by atoms with Crippen molar-refractivity contribution in [1.29, 1.82) is 0 Å². The predicted octanol–water partition coefficient (Wildman–Crippen LogP) is 2.97. The first-order chi connectivity index (χ1) is 8.19. The Hall–Kier alpha value is 0.400. The first kappa shape index (κ1) is 13.8. The number of likely N-dealkylation sites (N-methyl/N-ethyl adjacent to an activating group) is 1. The molecule has 1 saturated heterocycles. The Morgan fingerprint density at radius 1 is 1.24 bits per heavy atom. The van der Waals surface area contributed by atoms with Crippen molar-refractivity contribution in [2.45, 2.75) is 45.1 Å². The second kappa shape index (κ2) is 6.03. The lowest BCUT2D eigenvalue weighted by molar-refractivity contribution is 0.0639. The summed E-state index contributed by atoms with van der Waals surface area (Å²) < 4.78 is 0. The second-order valence-electron chi connectivity index (χ2n) is 6.14. The highest BCUT2D eigenvalue weighted by molar-refractivity contribution is 9.09. The van der Waals surface area contributed by atoms with Gasteiger partial charge in [-0.25, -0.2) is 0 Å². The van der Waals surface area contributed by atoms with Gasteiger partial charge in [0.15, 0.2) is 0 Å². The third kappa shape index (κ3) is 3.24. The topological polar surface area (TPSA) is 6.48 Å². The van der Waals surface area contributed by atoms with Gasteiger partial charge < -0.3 is 4.90 Å². The minimum Gasteiger partial charge on any atom is -0.305 e. The minimum absolute atomic E-state index is 0.607. The van der Waals surface area contributed by atoms with Crippen LogP contribution in [0.1, 0.15) is 39.0 Å². The molecule has 0 amide bonds. The maximum absolute atomic E-state index is 3.75. The highest BCUT2D eigenvalue weighted by Gasteiger charge is 2.39. The molecular weight excluding hydrogens is 276 g/mol. The van der Waals surface area contributed by atoms with Gasteiger partial charge in [0.2, 0.25) is 0 Å². The largest absolute Gasteiger partial charge is 0.305 e. The molecule has 17 heavy (non-hydrogen) atoms. The summed E-state index contributed by atoms with van der Waals surface area (Å²) in [6.07, 6.45) is 6.94. The quantitative estimate of drug-likeness (QED) is 0.737. The van der Waals surface area contributed by atoms with Crippen LogP contribution in [0.2, 0.25) is 0 Å². The highest BCUT2D eigenvalue weighted by Crippen LogP contribution is 2.43.